The number of hydrogen-bond acceptors (Lipinski definition) is 7. The van der Waals surface area contributed by atoms with Crippen molar-refractivity contribution in [1.29, 1.82) is 5.26 Å². The van der Waals surface area contributed by atoms with Crippen LogP contribution in [-0.4, -0.2) is 45.7 Å². The van der Waals surface area contributed by atoms with Crippen LogP contribution in [0.5, 0.6) is 0 Å². The number of esters is 1. The molecule has 168 valence electrons. The molecule has 1 amide bonds. The molecule has 0 spiro atoms. The van der Waals surface area contributed by atoms with E-state index >= 15 is 0 Å². The number of ether oxygens (including phenoxy) is 2. The second-order valence-electron chi connectivity index (χ2n) is 7.21. The van der Waals surface area contributed by atoms with Crippen LogP contribution < -0.4 is 10.0 Å². The fourth-order valence-electron chi connectivity index (χ4n) is 3.09. The van der Waals surface area contributed by atoms with Crippen LogP contribution in [0.25, 0.3) is 0 Å². The molecule has 32 heavy (non-hydrogen) atoms. The van der Waals surface area contributed by atoms with Crippen LogP contribution in [0.2, 0.25) is 0 Å². The monoisotopic (exact) mass is 457 g/mol. The predicted octanol–water partition coefficient (Wildman–Crippen LogP) is 2.20. The molecular weight excluding hydrogens is 434 g/mol. The van der Waals surface area contributed by atoms with Gasteiger partial charge in [0.05, 0.1) is 27.8 Å². The summed E-state index contributed by atoms with van der Waals surface area (Å²) in [5, 5.41) is 11.6. The molecule has 1 aliphatic heterocycles. The van der Waals surface area contributed by atoms with Crippen LogP contribution >= 0.6 is 0 Å². The molecule has 2 aromatic rings. The first-order chi connectivity index (χ1) is 15.3. The topological polar surface area (TPSA) is 135 Å². The highest BCUT2D eigenvalue weighted by atomic mass is 32.2. The minimum Gasteiger partial charge on any atom is -0.449 e. The number of nitrogens with zero attached hydrogens (tertiary/aromatic N) is 1. The van der Waals surface area contributed by atoms with Gasteiger partial charge in [0.15, 0.2) is 6.10 Å². The lowest BCUT2D eigenvalue weighted by atomic mass is 10.2. The molecule has 3 rings (SSSR count). The molecule has 0 saturated carbocycles. The van der Waals surface area contributed by atoms with Gasteiger partial charge in [-0.1, -0.05) is 18.2 Å². The van der Waals surface area contributed by atoms with Crippen LogP contribution in [-0.2, 0) is 24.3 Å². The van der Waals surface area contributed by atoms with Crippen molar-refractivity contribution in [3.05, 3.63) is 59.7 Å². The van der Waals surface area contributed by atoms with Gasteiger partial charge in [0.1, 0.15) is 6.07 Å². The molecule has 0 radical (unpaired) electrons. The van der Waals surface area contributed by atoms with E-state index in [4.69, 9.17) is 14.7 Å². The maximum Gasteiger partial charge on any atom is 0.338 e. The lowest BCUT2D eigenvalue weighted by Gasteiger charge is -2.15. The number of para-hydroxylation sites is 1. The third kappa shape index (κ3) is 5.91. The SMILES string of the molecule is C[C@H](OC(=O)c1cccc(S(=O)(=O)NC[C@H]2CCCO2)c1)C(=O)Nc1ccccc1C#N. The zero-order valence-electron chi connectivity index (χ0n) is 17.4. The Kier molecular flexibility index (Phi) is 7.58. The van der Waals surface area contributed by atoms with Crippen molar-refractivity contribution in [3.8, 4) is 6.07 Å². The van der Waals surface area contributed by atoms with Crippen LogP contribution in [0.1, 0.15) is 35.7 Å². The first-order valence-electron chi connectivity index (χ1n) is 10.0. The Labute approximate surface area is 186 Å². The number of hydrogen-bond donors (Lipinski definition) is 2. The quantitative estimate of drug-likeness (QED) is 0.580. The maximum absolute atomic E-state index is 12.5. The van der Waals surface area contributed by atoms with Crippen molar-refractivity contribution in [2.75, 3.05) is 18.5 Å². The fourth-order valence-corrected chi connectivity index (χ4v) is 4.20. The molecule has 1 aliphatic rings. The Bertz CT molecular complexity index is 1140. The summed E-state index contributed by atoms with van der Waals surface area (Å²) >= 11 is 0. The molecular formula is C22H23N3O6S. The van der Waals surface area contributed by atoms with Crippen LogP contribution in [0.15, 0.2) is 53.4 Å². The lowest BCUT2D eigenvalue weighted by Crippen LogP contribution is -2.32. The summed E-state index contributed by atoms with van der Waals surface area (Å²) in [5.41, 5.74) is 0.558. The fraction of sp³-hybridized carbons (Fsp3) is 0.318. The highest BCUT2D eigenvalue weighted by Gasteiger charge is 2.23. The molecule has 1 heterocycles. The van der Waals surface area contributed by atoms with Crippen LogP contribution in [0.4, 0.5) is 5.69 Å². The highest BCUT2D eigenvalue weighted by molar-refractivity contribution is 7.89. The average Bonchev–Trinajstić information content (AvgIpc) is 3.32. The molecule has 0 bridgehead atoms. The molecule has 1 saturated heterocycles. The molecule has 2 aromatic carbocycles. The van der Waals surface area contributed by atoms with E-state index in [2.05, 4.69) is 10.0 Å². The summed E-state index contributed by atoms with van der Waals surface area (Å²) in [5.74, 6) is -1.47. The molecule has 9 nitrogen and oxygen atoms in total. The summed E-state index contributed by atoms with van der Waals surface area (Å²) in [4.78, 5) is 24.8. The first-order valence-corrected chi connectivity index (χ1v) is 11.5. The number of anilines is 1. The largest absolute Gasteiger partial charge is 0.449 e. The molecule has 2 atom stereocenters. The van der Waals surface area contributed by atoms with E-state index in [1.165, 1.54) is 31.2 Å². The zero-order chi connectivity index (χ0) is 23.1. The van der Waals surface area contributed by atoms with Gasteiger partial charge >= 0.3 is 5.97 Å². The van der Waals surface area contributed by atoms with Gasteiger partial charge in [0, 0.05) is 13.2 Å². The summed E-state index contributed by atoms with van der Waals surface area (Å²) in [6.45, 7) is 2.14. The van der Waals surface area contributed by atoms with Gasteiger partial charge in [-0.25, -0.2) is 17.9 Å². The summed E-state index contributed by atoms with van der Waals surface area (Å²) in [7, 11) is -3.84. The lowest BCUT2D eigenvalue weighted by molar-refractivity contribution is -0.123. The van der Waals surface area contributed by atoms with E-state index in [0.29, 0.717) is 12.3 Å². The number of amides is 1. The summed E-state index contributed by atoms with van der Waals surface area (Å²) < 4.78 is 38.2. The number of rotatable bonds is 8. The number of carbonyl (C=O) groups excluding carboxylic acids is 2. The van der Waals surface area contributed by atoms with Gasteiger partial charge in [0.25, 0.3) is 5.91 Å². The van der Waals surface area contributed by atoms with Crippen molar-refractivity contribution < 1.29 is 27.5 Å². The van der Waals surface area contributed by atoms with E-state index in [1.54, 1.807) is 24.3 Å². The number of nitriles is 1. The van der Waals surface area contributed by atoms with Gasteiger partial charge in [0.2, 0.25) is 10.0 Å². The first kappa shape index (κ1) is 23.4. The second kappa shape index (κ2) is 10.4. The van der Waals surface area contributed by atoms with Crippen molar-refractivity contribution in [3.63, 3.8) is 0 Å². The van der Waals surface area contributed by atoms with Gasteiger partial charge in [-0.2, -0.15) is 5.26 Å². The molecule has 10 heteroatoms. The van der Waals surface area contributed by atoms with E-state index in [-0.39, 0.29) is 28.7 Å². The van der Waals surface area contributed by atoms with Crippen LogP contribution in [0.3, 0.4) is 0 Å². The predicted molar refractivity (Wildman–Crippen MR) is 115 cm³/mol. The number of carbonyl (C=O) groups is 2. The molecule has 0 aromatic heterocycles. The number of sulfonamides is 1. The standard InChI is InChI=1S/C22H23N3O6S/c1-15(21(26)25-20-10-3-2-6-17(20)13-23)31-22(27)16-7-4-9-19(12-16)32(28,29)24-14-18-8-5-11-30-18/h2-4,6-7,9-10,12,15,18,24H,5,8,11,14H2,1H3,(H,25,26)/t15-,18+/m0/s1. The van der Waals surface area contributed by atoms with Gasteiger partial charge < -0.3 is 14.8 Å². The van der Waals surface area contributed by atoms with Gasteiger partial charge in [-0.15, -0.1) is 0 Å². The van der Waals surface area contributed by atoms with E-state index in [9.17, 15) is 18.0 Å². The smallest absolute Gasteiger partial charge is 0.338 e. The molecule has 1 fully saturated rings. The molecule has 2 N–H and O–H groups in total. The van der Waals surface area contributed by atoms with E-state index in [1.807, 2.05) is 6.07 Å². The Hall–Kier alpha value is -3.26. The average molecular weight is 458 g/mol. The number of benzene rings is 2. The Morgan fingerprint density at radius 1 is 1.25 bits per heavy atom. The summed E-state index contributed by atoms with van der Waals surface area (Å²) in [6.07, 6.45) is 0.338. The Morgan fingerprint density at radius 3 is 2.75 bits per heavy atom. The van der Waals surface area contributed by atoms with Crippen molar-refractivity contribution in [1.82, 2.24) is 4.72 Å². The Morgan fingerprint density at radius 2 is 2.03 bits per heavy atom. The molecule has 0 aliphatic carbocycles. The summed E-state index contributed by atoms with van der Waals surface area (Å²) in [6, 6.07) is 13.8. The third-order valence-electron chi connectivity index (χ3n) is 4.86. The van der Waals surface area contributed by atoms with Crippen molar-refractivity contribution in [2.24, 2.45) is 0 Å². The Balaban J connectivity index is 1.63. The van der Waals surface area contributed by atoms with E-state index < -0.39 is 28.0 Å². The van der Waals surface area contributed by atoms with Crippen LogP contribution in [0, 0.1) is 11.3 Å². The van der Waals surface area contributed by atoms with Gasteiger partial charge in [-0.05, 0) is 50.1 Å². The highest BCUT2D eigenvalue weighted by Crippen LogP contribution is 2.17. The third-order valence-corrected chi connectivity index (χ3v) is 6.28. The van der Waals surface area contributed by atoms with Crippen molar-refractivity contribution in [2.45, 2.75) is 36.9 Å². The normalized spacial score (nSPS) is 16.7. The molecule has 0 unspecified atom stereocenters. The zero-order valence-corrected chi connectivity index (χ0v) is 18.2. The minimum absolute atomic E-state index is 0.0120. The van der Waals surface area contributed by atoms with Gasteiger partial charge in [-0.3, -0.25) is 4.79 Å². The maximum atomic E-state index is 12.5. The number of nitrogens with one attached hydrogen (secondary N) is 2. The van der Waals surface area contributed by atoms with Crippen molar-refractivity contribution >= 4 is 27.6 Å². The van der Waals surface area contributed by atoms with E-state index in [0.717, 1.165) is 12.8 Å². The minimum atomic E-state index is -3.84. The second-order valence-corrected chi connectivity index (χ2v) is 8.98.